The Balaban J connectivity index is 1.91. The molecule has 1 aromatic heterocycles. The first kappa shape index (κ1) is 14.1. The van der Waals surface area contributed by atoms with Gasteiger partial charge in [0.05, 0.1) is 25.5 Å². The zero-order valence-electron chi connectivity index (χ0n) is 11.9. The van der Waals surface area contributed by atoms with Crippen LogP contribution in [0.4, 0.5) is 0 Å². The van der Waals surface area contributed by atoms with Crippen LogP contribution < -0.4 is 4.74 Å². The number of benzene rings is 1. The van der Waals surface area contributed by atoms with Crippen molar-refractivity contribution in [2.45, 2.75) is 12.8 Å². The van der Waals surface area contributed by atoms with E-state index in [0.717, 1.165) is 11.3 Å². The van der Waals surface area contributed by atoms with Gasteiger partial charge in [-0.25, -0.2) is 4.79 Å². The summed E-state index contributed by atoms with van der Waals surface area (Å²) in [6.07, 6.45) is 3.14. The number of nitrogens with zero attached hydrogens (tertiary/aromatic N) is 2. The van der Waals surface area contributed by atoms with Gasteiger partial charge in [-0.05, 0) is 17.7 Å². The van der Waals surface area contributed by atoms with Gasteiger partial charge in [-0.3, -0.25) is 4.68 Å². The lowest BCUT2D eigenvalue weighted by molar-refractivity contribution is 0.0485. The number of carbonyl (C=O) groups excluding carboxylic acids is 1. The van der Waals surface area contributed by atoms with Crippen molar-refractivity contribution >= 4 is 5.97 Å². The van der Waals surface area contributed by atoms with Gasteiger partial charge in [0.25, 0.3) is 0 Å². The number of aryl methyl sites for hydroxylation is 1. The van der Waals surface area contributed by atoms with E-state index in [1.54, 1.807) is 25.0 Å². The third-order valence-corrected chi connectivity index (χ3v) is 3.09. The van der Waals surface area contributed by atoms with Gasteiger partial charge in [0.15, 0.2) is 0 Å². The van der Waals surface area contributed by atoms with Crippen LogP contribution in [-0.4, -0.2) is 29.5 Å². The standard InChI is InChI=1S/C15H18N2O3/c1-11(12-4-6-14(19-3)7-5-12)10-20-15(18)13-8-16-17(2)9-13/h4-9,11H,10H2,1-3H3. The lowest BCUT2D eigenvalue weighted by atomic mass is 10.0. The van der Waals surface area contributed by atoms with Crippen LogP contribution in [0.15, 0.2) is 36.7 Å². The lowest BCUT2D eigenvalue weighted by Crippen LogP contribution is -2.10. The molecular weight excluding hydrogens is 256 g/mol. The van der Waals surface area contributed by atoms with Gasteiger partial charge in [0.1, 0.15) is 5.75 Å². The molecule has 5 heteroatoms. The minimum absolute atomic E-state index is 0.126. The molecule has 0 bridgehead atoms. The number of hydrogen-bond donors (Lipinski definition) is 0. The number of aromatic nitrogens is 2. The fourth-order valence-electron chi connectivity index (χ4n) is 1.84. The third-order valence-electron chi connectivity index (χ3n) is 3.09. The Morgan fingerprint density at radius 2 is 2.05 bits per heavy atom. The van der Waals surface area contributed by atoms with E-state index in [1.165, 1.54) is 6.20 Å². The number of rotatable bonds is 5. The van der Waals surface area contributed by atoms with Crippen LogP contribution in [0.5, 0.6) is 5.75 Å². The number of carbonyl (C=O) groups is 1. The Kier molecular flexibility index (Phi) is 4.40. The molecule has 0 amide bonds. The van der Waals surface area contributed by atoms with E-state index >= 15 is 0 Å². The monoisotopic (exact) mass is 274 g/mol. The second-order valence-corrected chi connectivity index (χ2v) is 4.68. The fraction of sp³-hybridized carbons (Fsp3) is 0.333. The summed E-state index contributed by atoms with van der Waals surface area (Å²) < 4.78 is 12.0. The van der Waals surface area contributed by atoms with Crippen molar-refractivity contribution in [2.75, 3.05) is 13.7 Å². The average molecular weight is 274 g/mol. The van der Waals surface area contributed by atoms with Gasteiger partial charge < -0.3 is 9.47 Å². The summed E-state index contributed by atoms with van der Waals surface area (Å²) in [5, 5.41) is 3.94. The summed E-state index contributed by atoms with van der Waals surface area (Å²) in [6, 6.07) is 7.74. The number of hydrogen-bond acceptors (Lipinski definition) is 4. The molecule has 106 valence electrons. The molecule has 0 radical (unpaired) electrons. The summed E-state index contributed by atoms with van der Waals surface area (Å²) in [7, 11) is 3.39. The molecule has 1 atom stereocenters. The number of esters is 1. The zero-order chi connectivity index (χ0) is 14.5. The van der Waals surface area contributed by atoms with Crippen molar-refractivity contribution in [3.8, 4) is 5.75 Å². The third kappa shape index (κ3) is 3.38. The second kappa shape index (κ2) is 6.23. The van der Waals surface area contributed by atoms with Gasteiger partial charge in [0, 0.05) is 19.2 Å². The van der Waals surface area contributed by atoms with Crippen molar-refractivity contribution < 1.29 is 14.3 Å². The van der Waals surface area contributed by atoms with Crippen molar-refractivity contribution in [1.82, 2.24) is 9.78 Å². The van der Waals surface area contributed by atoms with Gasteiger partial charge in [-0.15, -0.1) is 0 Å². The molecule has 0 spiro atoms. The largest absolute Gasteiger partial charge is 0.497 e. The normalized spacial score (nSPS) is 11.9. The maximum atomic E-state index is 11.8. The summed E-state index contributed by atoms with van der Waals surface area (Å²) >= 11 is 0. The topological polar surface area (TPSA) is 53.4 Å². The van der Waals surface area contributed by atoms with Crippen LogP contribution in [0, 0.1) is 0 Å². The van der Waals surface area contributed by atoms with Crippen molar-refractivity contribution in [3.63, 3.8) is 0 Å². The Labute approximate surface area is 118 Å². The highest BCUT2D eigenvalue weighted by Crippen LogP contribution is 2.19. The second-order valence-electron chi connectivity index (χ2n) is 4.68. The molecule has 0 saturated heterocycles. The number of ether oxygens (including phenoxy) is 2. The molecular formula is C15H18N2O3. The maximum absolute atomic E-state index is 11.8. The van der Waals surface area contributed by atoms with Crippen LogP contribution in [-0.2, 0) is 11.8 Å². The molecule has 5 nitrogen and oxygen atoms in total. The van der Waals surface area contributed by atoms with Crippen molar-refractivity contribution in [2.24, 2.45) is 7.05 Å². The highest BCUT2D eigenvalue weighted by molar-refractivity contribution is 5.88. The predicted octanol–water partition coefficient (Wildman–Crippen LogP) is 2.39. The molecule has 0 aliphatic rings. The molecule has 0 fully saturated rings. The van der Waals surface area contributed by atoms with Crippen LogP contribution >= 0.6 is 0 Å². The Bertz CT molecular complexity index is 575. The molecule has 1 aromatic carbocycles. The van der Waals surface area contributed by atoms with Gasteiger partial charge >= 0.3 is 5.97 Å². The highest BCUT2D eigenvalue weighted by atomic mass is 16.5. The van der Waals surface area contributed by atoms with E-state index in [9.17, 15) is 4.79 Å². The van der Waals surface area contributed by atoms with Crippen LogP contribution in [0.2, 0.25) is 0 Å². The molecule has 20 heavy (non-hydrogen) atoms. The Hall–Kier alpha value is -2.30. The van der Waals surface area contributed by atoms with E-state index in [-0.39, 0.29) is 11.9 Å². The van der Waals surface area contributed by atoms with E-state index < -0.39 is 0 Å². The van der Waals surface area contributed by atoms with Crippen LogP contribution in [0.1, 0.15) is 28.8 Å². The van der Waals surface area contributed by atoms with Crippen LogP contribution in [0.3, 0.4) is 0 Å². The smallest absolute Gasteiger partial charge is 0.341 e. The summed E-state index contributed by atoms with van der Waals surface area (Å²) in [5.41, 5.74) is 1.57. The maximum Gasteiger partial charge on any atom is 0.341 e. The quantitative estimate of drug-likeness (QED) is 0.786. The minimum Gasteiger partial charge on any atom is -0.497 e. The first-order valence-corrected chi connectivity index (χ1v) is 6.40. The van der Waals surface area contributed by atoms with E-state index in [0.29, 0.717) is 12.2 Å². The summed E-state index contributed by atoms with van der Waals surface area (Å²) in [5.74, 6) is 0.591. The lowest BCUT2D eigenvalue weighted by Gasteiger charge is -2.12. The SMILES string of the molecule is COc1ccc(C(C)COC(=O)c2cnn(C)c2)cc1. The Morgan fingerprint density at radius 1 is 1.35 bits per heavy atom. The predicted molar refractivity (Wildman–Crippen MR) is 74.9 cm³/mol. The summed E-state index contributed by atoms with van der Waals surface area (Å²) in [4.78, 5) is 11.8. The fourth-order valence-corrected chi connectivity index (χ4v) is 1.84. The average Bonchev–Trinajstić information content (AvgIpc) is 2.91. The zero-order valence-corrected chi connectivity index (χ0v) is 11.9. The van der Waals surface area contributed by atoms with Crippen molar-refractivity contribution in [3.05, 3.63) is 47.8 Å². The highest BCUT2D eigenvalue weighted by Gasteiger charge is 2.12. The minimum atomic E-state index is -0.349. The van der Waals surface area contributed by atoms with Crippen LogP contribution in [0.25, 0.3) is 0 Å². The van der Waals surface area contributed by atoms with Crippen molar-refractivity contribution in [1.29, 1.82) is 0 Å². The molecule has 0 aliphatic heterocycles. The molecule has 2 aromatic rings. The molecule has 0 saturated carbocycles. The first-order chi connectivity index (χ1) is 9.60. The van der Waals surface area contributed by atoms with Gasteiger partial charge in [-0.2, -0.15) is 5.10 Å². The molecule has 0 N–H and O–H groups in total. The molecule has 2 rings (SSSR count). The van der Waals surface area contributed by atoms with E-state index in [2.05, 4.69) is 5.10 Å². The first-order valence-electron chi connectivity index (χ1n) is 6.40. The Morgan fingerprint density at radius 3 is 2.60 bits per heavy atom. The molecule has 1 heterocycles. The molecule has 1 unspecified atom stereocenters. The van der Waals surface area contributed by atoms with Gasteiger partial charge in [0.2, 0.25) is 0 Å². The number of methoxy groups -OCH3 is 1. The van der Waals surface area contributed by atoms with E-state index in [4.69, 9.17) is 9.47 Å². The van der Waals surface area contributed by atoms with E-state index in [1.807, 2.05) is 31.2 Å². The summed E-state index contributed by atoms with van der Waals surface area (Å²) in [6.45, 7) is 2.35. The van der Waals surface area contributed by atoms with Gasteiger partial charge in [-0.1, -0.05) is 19.1 Å². The molecule has 0 aliphatic carbocycles.